The lowest BCUT2D eigenvalue weighted by molar-refractivity contribution is -0.116. The van der Waals surface area contributed by atoms with Gasteiger partial charge in [-0.15, -0.1) is 0 Å². The van der Waals surface area contributed by atoms with Gasteiger partial charge in [0, 0.05) is 23.5 Å². The van der Waals surface area contributed by atoms with Crippen molar-refractivity contribution in [1.29, 1.82) is 0 Å². The molecule has 6 nitrogen and oxygen atoms in total. The van der Waals surface area contributed by atoms with Gasteiger partial charge in [0.15, 0.2) is 0 Å². The summed E-state index contributed by atoms with van der Waals surface area (Å²) < 4.78 is 0. The van der Waals surface area contributed by atoms with Gasteiger partial charge in [0.2, 0.25) is 11.8 Å². The van der Waals surface area contributed by atoms with E-state index in [1.54, 1.807) is 0 Å². The van der Waals surface area contributed by atoms with Crippen LogP contribution in [0.15, 0.2) is 48.5 Å². The molecule has 6 heteroatoms. The molecular weight excluding hydrogens is 412 g/mol. The van der Waals surface area contributed by atoms with E-state index < -0.39 is 0 Å². The van der Waals surface area contributed by atoms with Crippen LogP contribution in [-0.4, -0.2) is 37.0 Å². The number of anilines is 2. The van der Waals surface area contributed by atoms with Crippen LogP contribution in [0.1, 0.15) is 62.5 Å². The van der Waals surface area contributed by atoms with Gasteiger partial charge in [0.25, 0.3) is 0 Å². The van der Waals surface area contributed by atoms with Crippen LogP contribution in [0.2, 0.25) is 0 Å². The molecule has 0 radical (unpaired) electrons. The van der Waals surface area contributed by atoms with Crippen molar-refractivity contribution in [1.82, 2.24) is 10.6 Å². The fourth-order valence-electron chi connectivity index (χ4n) is 4.79. The zero-order valence-electron chi connectivity index (χ0n) is 19.4. The second kappa shape index (κ2) is 12.0. The normalized spacial score (nSPS) is 16.7. The lowest BCUT2D eigenvalue weighted by Crippen LogP contribution is -2.34. The van der Waals surface area contributed by atoms with Crippen LogP contribution in [0, 0.1) is 0 Å². The van der Waals surface area contributed by atoms with Gasteiger partial charge in [-0.2, -0.15) is 0 Å². The van der Waals surface area contributed by atoms with Gasteiger partial charge in [0.1, 0.15) is 0 Å². The summed E-state index contributed by atoms with van der Waals surface area (Å²) >= 11 is 0. The number of hydrogen-bond donors (Lipinski definition) is 4. The second-order valence-corrected chi connectivity index (χ2v) is 9.39. The molecule has 4 N–H and O–H groups in total. The minimum atomic E-state index is 0.00530. The summed E-state index contributed by atoms with van der Waals surface area (Å²) in [6.45, 7) is 0.734. The Morgan fingerprint density at radius 3 is 1.33 bits per heavy atom. The number of carbonyl (C=O) groups excluding carboxylic acids is 2. The summed E-state index contributed by atoms with van der Waals surface area (Å²) in [4.78, 5) is 24.3. The molecule has 2 aromatic carbocycles. The summed E-state index contributed by atoms with van der Waals surface area (Å²) in [5.74, 6) is 0.0106. The summed E-state index contributed by atoms with van der Waals surface area (Å²) in [6, 6.07) is 17.0. The van der Waals surface area contributed by atoms with Crippen LogP contribution in [0.3, 0.4) is 0 Å². The van der Waals surface area contributed by atoms with E-state index in [1.807, 2.05) is 48.5 Å². The average Bonchev–Trinajstić information content (AvgIpc) is 3.53. The molecule has 0 bridgehead atoms. The maximum absolute atomic E-state index is 12.2. The first kappa shape index (κ1) is 23.5. The maximum Gasteiger partial charge on any atom is 0.238 e. The van der Waals surface area contributed by atoms with Crippen molar-refractivity contribution in [2.75, 3.05) is 23.7 Å². The standard InChI is InChI=1S/C27H36N4O2/c32-26(18-28-22-5-1-2-6-22)30-24-13-9-20(10-14-24)17-21-11-15-25(16-12-21)31-27(33)19-29-23-7-3-4-8-23/h9-16,22-23,28-29H,1-8,17-19H2,(H,30,32)(H,31,33). The number of amides is 2. The predicted octanol–water partition coefficient (Wildman–Crippen LogP) is 4.22. The first-order valence-electron chi connectivity index (χ1n) is 12.4. The second-order valence-electron chi connectivity index (χ2n) is 9.39. The minimum Gasteiger partial charge on any atom is -0.325 e. The number of benzene rings is 2. The van der Waals surface area contributed by atoms with E-state index in [1.165, 1.54) is 62.5 Å². The summed E-state index contributed by atoms with van der Waals surface area (Å²) in [6.07, 6.45) is 10.5. The molecule has 0 aliphatic heterocycles. The lowest BCUT2D eigenvalue weighted by atomic mass is 10.0. The highest BCUT2D eigenvalue weighted by Gasteiger charge is 2.16. The molecule has 0 atom stereocenters. The molecule has 4 rings (SSSR count). The zero-order chi connectivity index (χ0) is 22.9. The highest BCUT2D eigenvalue weighted by molar-refractivity contribution is 5.92. The van der Waals surface area contributed by atoms with Crippen molar-refractivity contribution >= 4 is 23.2 Å². The van der Waals surface area contributed by atoms with Crippen molar-refractivity contribution in [3.8, 4) is 0 Å². The zero-order valence-corrected chi connectivity index (χ0v) is 19.4. The number of nitrogens with one attached hydrogen (secondary N) is 4. The van der Waals surface area contributed by atoms with Crippen LogP contribution in [0.4, 0.5) is 11.4 Å². The SMILES string of the molecule is O=C(CNC1CCCC1)Nc1ccc(Cc2ccc(NC(=O)CNC3CCCC3)cc2)cc1. The van der Waals surface area contributed by atoms with Crippen LogP contribution < -0.4 is 21.3 Å². The fraction of sp³-hybridized carbons (Fsp3) is 0.481. The van der Waals surface area contributed by atoms with Gasteiger partial charge in [-0.1, -0.05) is 49.9 Å². The highest BCUT2D eigenvalue weighted by atomic mass is 16.2. The van der Waals surface area contributed by atoms with Crippen molar-refractivity contribution < 1.29 is 9.59 Å². The molecule has 0 aromatic heterocycles. The van der Waals surface area contributed by atoms with Gasteiger partial charge < -0.3 is 21.3 Å². The minimum absolute atomic E-state index is 0.00530. The van der Waals surface area contributed by atoms with Gasteiger partial charge in [-0.3, -0.25) is 9.59 Å². The van der Waals surface area contributed by atoms with Crippen molar-refractivity contribution in [2.45, 2.75) is 69.9 Å². The van der Waals surface area contributed by atoms with Crippen LogP contribution in [0.25, 0.3) is 0 Å². The molecule has 2 amide bonds. The Balaban J connectivity index is 1.19. The maximum atomic E-state index is 12.2. The Labute approximate surface area is 196 Å². The number of rotatable bonds is 10. The van der Waals surface area contributed by atoms with Gasteiger partial charge >= 0.3 is 0 Å². The average molecular weight is 449 g/mol. The van der Waals surface area contributed by atoms with E-state index in [4.69, 9.17) is 0 Å². The molecule has 0 spiro atoms. The molecule has 0 saturated heterocycles. The molecule has 176 valence electrons. The number of carbonyl (C=O) groups is 2. The highest BCUT2D eigenvalue weighted by Crippen LogP contribution is 2.19. The third kappa shape index (κ3) is 7.69. The van der Waals surface area contributed by atoms with Crippen molar-refractivity contribution in [3.05, 3.63) is 59.7 Å². The molecule has 2 aliphatic carbocycles. The van der Waals surface area contributed by atoms with E-state index in [2.05, 4.69) is 21.3 Å². The predicted molar refractivity (Wildman–Crippen MR) is 133 cm³/mol. The Kier molecular flexibility index (Phi) is 8.50. The molecule has 2 aromatic rings. The van der Waals surface area contributed by atoms with Crippen LogP contribution in [-0.2, 0) is 16.0 Å². The monoisotopic (exact) mass is 448 g/mol. The van der Waals surface area contributed by atoms with E-state index in [-0.39, 0.29) is 11.8 Å². The van der Waals surface area contributed by atoms with E-state index in [0.29, 0.717) is 25.2 Å². The summed E-state index contributed by atoms with van der Waals surface area (Å²) in [5, 5.41) is 12.6. The van der Waals surface area contributed by atoms with E-state index >= 15 is 0 Å². The molecule has 0 heterocycles. The van der Waals surface area contributed by atoms with Crippen LogP contribution >= 0.6 is 0 Å². The molecule has 2 saturated carbocycles. The third-order valence-corrected chi connectivity index (χ3v) is 6.70. The quantitative estimate of drug-likeness (QED) is 0.439. The van der Waals surface area contributed by atoms with Gasteiger partial charge in [-0.25, -0.2) is 0 Å². The van der Waals surface area contributed by atoms with Gasteiger partial charge in [-0.05, 0) is 67.5 Å². The third-order valence-electron chi connectivity index (χ3n) is 6.70. The van der Waals surface area contributed by atoms with Gasteiger partial charge in [0.05, 0.1) is 13.1 Å². The van der Waals surface area contributed by atoms with E-state index in [0.717, 1.165) is 17.8 Å². The largest absolute Gasteiger partial charge is 0.325 e. The molecular formula is C27H36N4O2. The van der Waals surface area contributed by atoms with Crippen molar-refractivity contribution in [3.63, 3.8) is 0 Å². The molecule has 2 fully saturated rings. The topological polar surface area (TPSA) is 82.3 Å². The van der Waals surface area contributed by atoms with Crippen LogP contribution in [0.5, 0.6) is 0 Å². The summed E-state index contributed by atoms with van der Waals surface area (Å²) in [5.41, 5.74) is 3.99. The van der Waals surface area contributed by atoms with Crippen molar-refractivity contribution in [2.24, 2.45) is 0 Å². The Hall–Kier alpha value is -2.70. The first-order valence-corrected chi connectivity index (χ1v) is 12.4. The molecule has 0 unspecified atom stereocenters. The Morgan fingerprint density at radius 1 is 0.606 bits per heavy atom. The molecule has 2 aliphatic rings. The number of hydrogen-bond acceptors (Lipinski definition) is 4. The Morgan fingerprint density at radius 2 is 0.970 bits per heavy atom. The fourth-order valence-corrected chi connectivity index (χ4v) is 4.79. The first-order chi connectivity index (χ1) is 16.1. The van der Waals surface area contributed by atoms with E-state index in [9.17, 15) is 9.59 Å². The molecule has 33 heavy (non-hydrogen) atoms. The Bertz CT molecular complexity index is 823. The smallest absolute Gasteiger partial charge is 0.238 e. The summed E-state index contributed by atoms with van der Waals surface area (Å²) in [7, 11) is 0. The lowest BCUT2D eigenvalue weighted by Gasteiger charge is -2.12.